The van der Waals surface area contributed by atoms with E-state index in [1.807, 2.05) is 27.0 Å². The number of hydrogen-bond acceptors (Lipinski definition) is 4. The average Bonchev–Trinajstić information content (AvgIpc) is 2.95. The topological polar surface area (TPSA) is 97.1 Å². The number of amides is 1. The van der Waals surface area contributed by atoms with E-state index in [4.69, 9.17) is 5.11 Å². The van der Waals surface area contributed by atoms with Crippen molar-refractivity contribution in [3.63, 3.8) is 0 Å². The van der Waals surface area contributed by atoms with E-state index >= 15 is 0 Å². The van der Waals surface area contributed by atoms with E-state index in [0.717, 1.165) is 18.5 Å². The summed E-state index contributed by atoms with van der Waals surface area (Å²) in [4.78, 5) is 22.5. The van der Waals surface area contributed by atoms with E-state index in [0.29, 0.717) is 25.8 Å². The molecule has 1 rings (SSSR count). The number of nitrogens with zero attached hydrogens (tertiary/aromatic N) is 3. The molecule has 0 aromatic carbocycles. The highest BCUT2D eigenvalue weighted by atomic mass is 16.4. The molecule has 1 amide bonds. The SMILES string of the molecule is CCCC(C)NC(=O)CCC(C)(C)c1cn(CCCC(=O)O)nn1. The lowest BCUT2D eigenvalue weighted by Gasteiger charge is -2.22. The van der Waals surface area contributed by atoms with Gasteiger partial charge in [-0.05, 0) is 26.2 Å². The summed E-state index contributed by atoms with van der Waals surface area (Å²) < 4.78 is 1.67. The standard InChI is InChI=1S/C17H30N4O3/c1-5-7-13(2)18-15(22)9-10-17(3,4)14-12-21(20-19-14)11-6-8-16(23)24/h12-13H,5-11H2,1-4H3,(H,18,22)(H,23,24). The molecule has 24 heavy (non-hydrogen) atoms. The summed E-state index contributed by atoms with van der Waals surface area (Å²) in [6, 6.07) is 0.209. The van der Waals surface area contributed by atoms with Crippen molar-refractivity contribution in [1.29, 1.82) is 0 Å². The van der Waals surface area contributed by atoms with Crippen LogP contribution in [0, 0.1) is 0 Å². The van der Waals surface area contributed by atoms with Crippen LogP contribution < -0.4 is 5.32 Å². The Labute approximate surface area is 143 Å². The predicted molar refractivity (Wildman–Crippen MR) is 91.7 cm³/mol. The number of aryl methyl sites for hydroxylation is 1. The zero-order valence-corrected chi connectivity index (χ0v) is 15.2. The Balaban J connectivity index is 2.48. The van der Waals surface area contributed by atoms with Crippen LogP contribution in [0.2, 0.25) is 0 Å². The summed E-state index contributed by atoms with van der Waals surface area (Å²) in [5.41, 5.74) is 0.573. The lowest BCUT2D eigenvalue weighted by atomic mass is 9.84. The number of aromatic nitrogens is 3. The third kappa shape index (κ3) is 7.10. The number of aliphatic carboxylic acids is 1. The van der Waals surface area contributed by atoms with Crippen molar-refractivity contribution in [1.82, 2.24) is 20.3 Å². The molecule has 1 unspecified atom stereocenters. The number of carbonyl (C=O) groups is 2. The van der Waals surface area contributed by atoms with Crippen LogP contribution in [0.1, 0.15) is 71.9 Å². The summed E-state index contributed by atoms with van der Waals surface area (Å²) in [5, 5.41) is 19.9. The van der Waals surface area contributed by atoms with Crippen LogP contribution in [-0.4, -0.2) is 38.0 Å². The second kappa shape index (κ2) is 9.39. The zero-order valence-electron chi connectivity index (χ0n) is 15.2. The van der Waals surface area contributed by atoms with Gasteiger partial charge in [-0.1, -0.05) is 32.4 Å². The fraction of sp³-hybridized carbons (Fsp3) is 0.765. The molecule has 0 saturated carbocycles. The molecular weight excluding hydrogens is 308 g/mol. The molecule has 0 aliphatic heterocycles. The highest BCUT2D eigenvalue weighted by Gasteiger charge is 2.25. The fourth-order valence-electron chi connectivity index (χ4n) is 2.52. The largest absolute Gasteiger partial charge is 0.481 e. The molecule has 7 nitrogen and oxygen atoms in total. The van der Waals surface area contributed by atoms with Gasteiger partial charge < -0.3 is 10.4 Å². The van der Waals surface area contributed by atoms with Gasteiger partial charge in [-0.25, -0.2) is 0 Å². The Bertz CT molecular complexity index is 540. The molecule has 1 aromatic heterocycles. The number of carboxylic acids is 1. The molecule has 0 bridgehead atoms. The first-order valence-electron chi connectivity index (χ1n) is 8.66. The van der Waals surface area contributed by atoms with Crippen molar-refractivity contribution in [2.24, 2.45) is 0 Å². The Kier molecular flexibility index (Phi) is 7.88. The maximum absolute atomic E-state index is 12.0. The molecule has 0 aliphatic carbocycles. The van der Waals surface area contributed by atoms with Crippen LogP contribution >= 0.6 is 0 Å². The summed E-state index contributed by atoms with van der Waals surface area (Å²) in [7, 11) is 0. The van der Waals surface area contributed by atoms with E-state index in [-0.39, 0.29) is 23.8 Å². The predicted octanol–water partition coefficient (Wildman–Crippen LogP) is 2.51. The molecule has 1 heterocycles. The van der Waals surface area contributed by atoms with Crippen molar-refractivity contribution in [2.75, 3.05) is 0 Å². The van der Waals surface area contributed by atoms with Crippen LogP contribution in [0.4, 0.5) is 0 Å². The van der Waals surface area contributed by atoms with Crippen LogP contribution in [0.5, 0.6) is 0 Å². The first-order chi connectivity index (χ1) is 11.2. The monoisotopic (exact) mass is 338 g/mol. The van der Waals surface area contributed by atoms with E-state index in [9.17, 15) is 9.59 Å². The first kappa shape index (κ1) is 20.1. The maximum Gasteiger partial charge on any atom is 0.303 e. The molecule has 2 N–H and O–H groups in total. The Hall–Kier alpha value is -1.92. The highest BCUT2D eigenvalue weighted by Crippen LogP contribution is 2.26. The number of rotatable bonds is 11. The average molecular weight is 338 g/mol. The van der Waals surface area contributed by atoms with Crippen molar-refractivity contribution in [3.8, 4) is 0 Å². The molecule has 1 aromatic rings. The maximum atomic E-state index is 12.0. The van der Waals surface area contributed by atoms with Gasteiger partial charge in [0.15, 0.2) is 0 Å². The normalized spacial score (nSPS) is 12.8. The molecule has 0 aliphatic rings. The van der Waals surface area contributed by atoms with Gasteiger partial charge >= 0.3 is 5.97 Å². The molecule has 136 valence electrons. The molecule has 0 radical (unpaired) electrons. The Morgan fingerprint density at radius 1 is 1.38 bits per heavy atom. The summed E-state index contributed by atoms with van der Waals surface area (Å²) >= 11 is 0. The van der Waals surface area contributed by atoms with Gasteiger partial charge in [-0.2, -0.15) is 0 Å². The highest BCUT2D eigenvalue weighted by molar-refractivity contribution is 5.76. The van der Waals surface area contributed by atoms with Crippen LogP contribution in [0.15, 0.2) is 6.20 Å². The van der Waals surface area contributed by atoms with Gasteiger partial charge in [0.25, 0.3) is 0 Å². The van der Waals surface area contributed by atoms with Crippen LogP contribution in [-0.2, 0) is 21.5 Å². The fourth-order valence-corrected chi connectivity index (χ4v) is 2.52. The van der Waals surface area contributed by atoms with E-state index in [1.54, 1.807) is 4.68 Å². The summed E-state index contributed by atoms with van der Waals surface area (Å²) in [5.74, 6) is -0.739. The Morgan fingerprint density at radius 2 is 2.08 bits per heavy atom. The summed E-state index contributed by atoms with van der Waals surface area (Å²) in [6.45, 7) is 8.74. The molecule has 0 spiro atoms. The Morgan fingerprint density at radius 3 is 2.71 bits per heavy atom. The van der Waals surface area contributed by atoms with Gasteiger partial charge in [0.1, 0.15) is 0 Å². The van der Waals surface area contributed by atoms with Crippen molar-refractivity contribution >= 4 is 11.9 Å². The number of nitrogens with one attached hydrogen (secondary N) is 1. The van der Waals surface area contributed by atoms with Crippen molar-refractivity contribution in [3.05, 3.63) is 11.9 Å². The van der Waals surface area contributed by atoms with E-state index < -0.39 is 5.97 Å². The molecular formula is C17H30N4O3. The quantitative estimate of drug-likeness (QED) is 0.646. The number of hydrogen-bond donors (Lipinski definition) is 2. The minimum Gasteiger partial charge on any atom is -0.481 e. The minimum atomic E-state index is -0.806. The van der Waals surface area contributed by atoms with Gasteiger partial charge in [0.05, 0.1) is 5.69 Å². The lowest BCUT2D eigenvalue weighted by Crippen LogP contribution is -2.33. The molecule has 0 saturated heterocycles. The smallest absolute Gasteiger partial charge is 0.303 e. The van der Waals surface area contributed by atoms with E-state index in [1.165, 1.54) is 0 Å². The first-order valence-corrected chi connectivity index (χ1v) is 8.66. The van der Waals surface area contributed by atoms with Crippen molar-refractivity contribution in [2.45, 2.75) is 84.2 Å². The van der Waals surface area contributed by atoms with Gasteiger partial charge in [-0.3, -0.25) is 14.3 Å². The minimum absolute atomic E-state index is 0.0675. The molecule has 1 atom stereocenters. The summed E-state index contributed by atoms with van der Waals surface area (Å²) in [6.07, 6.45) is 5.67. The second-order valence-electron chi connectivity index (χ2n) is 7.01. The number of carboxylic acid groups (broad SMARTS) is 1. The van der Waals surface area contributed by atoms with Crippen LogP contribution in [0.25, 0.3) is 0 Å². The third-order valence-corrected chi connectivity index (χ3v) is 4.12. The zero-order chi connectivity index (χ0) is 18.2. The third-order valence-electron chi connectivity index (χ3n) is 4.12. The lowest BCUT2D eigenvalue weighted by molar-refractivity contribution is -0.137. The second-order valence-corrected chi connectivity index (χ2v) is 7.01. The van der Waals surface area contributed by atoms with Crippen LogP contribution in [0.3, 0.4) is 0 Å². The molecule has 0 fully saturated rings. The van der Waals surface area contributed by atoms with Gasteiger partial charge in [0, 0.05) is 37.0 Å². The molecule has 7 heteroatoms. The van der Waals surface area contributed by atoms with E-state index in [2.05, 4.69) is 22.6 Å². The van der Waals surface area contributed by atoms with Crippen molar-refractivity contribution < 1.29 is 14.7 Å². The van der Waals surface area contributed by atoms with Gasteiger partial charge in [-0.15, -0.1) is 5.10 Å². The van der Waals surface area contributed by atoms with Gasteiger partial charge in [0.2, 0.25) is 5.91 Å². The number of carbonyl (C=O) groups excluding carboxylic acids is 1.